The first-order valence-electron chi connectivity index (χ1n) is 10.7. The van der Waals surface area contributed by atoms with Gasteiger partial charge in [-0.15, -0.1) is 5.54 Å². The number of fused-ring (bicyclic) bond motifs is 1. The summed E-state index contributed by atoms with van der Waals surface area (Å²) in [5.41, 5.74) is 0.946. The third-order valence-corrected chi connectivity index (χ3v) is 10.3. The van der Waals surface area contributed by atoms with Crippen LogP contribution in [0, 0.1) is 31.1 Å². The Labute approximate surface area is 193 Å². The minimum atomic E-state index is -1.62. The van der Waals surface area contributed by atoms with Gasteiger partial charge in [-0.05, 0) is 36.5 Å². The fourth-order valence-electron chi connectivity index (χ4n) is 6.18. The summed E-state index contributed by atoms with van der Waals surface area (Å²) in [6, 6.07) is 0. The SMILES string of the molecule is CC(C)(C)[N-][Si](C)(C)C1C(CC2CCCCC2)CC2C=CC=CC21.[CH3-].[Cl][Ti][Cl]. The van der Waals surface area contributed by atoms with Crippen molar-refractivity contribution in [3.63, 3.8) is 0 Å². The van der Waals surface area contributed by atoms with Gasteiger partial charge >= 0.3 is 35.6 Å². The average molecular weight is 478 g/mol. The van der Waals surface area contributed by atoms with Gasteiger partial charge in [0.25, 0.3) is 0 Å². The molecule has 2 fully saturated rings. The maximum absolute atomic E-state index is 5.44. The van der Waals surface area contributed by atoms with E-state index in [0.29, 0.717) is 0 Å². The second kappa shape index (κ2) is 12.1. The zero-order chi connectivity index (χ0) is 20.1. The van der Waals surface area contributed by atoms with Crippen LogP contribution in [0.4, 0.5) is 0 Å². The van der Waals surface area contributed by atoms with Gasteiger partial charge < -0.3 is 12.4 Å². The molecule has 0 aromatic heterocycles. The van der Waals surface area contributed by atoms with Crippen LogP contribution in [-0.4, -0.2) is 13.8 Å². The molecule has 0 saturated heterocycles. The molecular weight excluding hydrogens is 437 g/mol. The van der Waals surface area contributed by atoms with Gasteiger partial charge in [0.15, 0.2) is 0 Å². The molecule has 3 aliphatic carbocycles. The van der Waals surface area contributed by atoms with Crippen molar-refractivity contribution in [2.45, 2.75) is 89.9 Å². The van der Waals surface area contributed by atoms with E-state index in [1.54, 1.807) is 0 Å². The van der Waals surface area contributed by atoms with Crippen LogP contribution in [0.15, 0.2) is 24.3 Å². The summed E-state index contributed by atoms with van der Waals surface area (Å²) in [6.07, 6.45) is 19.9. The van der Waals surface area contributed by atoms with Crippen LogP contribution in [0.5, 0.6) is 0 Å². The van der Waals surface area contributed by atoms with Gasteiger partial charge in [0.2, 0.25) is 0 Å². The number of halogens is 2. The van der Waals surface area contributed by atoms with E-state index < -0.39 is 25.3 Å². The molecule has 5 heteroatoms. The molecule has 162 valence electrons. The fraction of sp³-hybridized carbons (Fsp3) is 0.783. The molecule has 0 heterocycles. The molecule has 3 rings (SSSR count). The van der Waals surface area contributed by atoms with Crippen LogP contribution in [-0.2, 0) is 17.0 Å². The van der Waals surface area contributed by atoms with Crippen molar-refractivity contribution in [1.29, 1.82) is 0 Å². The van der Waals surface area contributed by atoms with Gasteiger partial charge in [-0.2, -0.15) is 0 Å². The predicted octanol–water partition coefficient (Wildman–Crippen LogP) is 8.91. The van der Waals surface area contributed by atoms with Crippen LogP contribution < -0.4 is 0 Å². The molecular formula is C23H41Cl2NSiTi-2. The Bertz CT molecular complexity index is 509. The van der Waals surface area contributed by atoms with Crippen molar-refractivity contribution in [3.05, 3.63) is 36.7 Å². The number of hydrogen-bond donors (Lipinski definition) is 0. The van der Waals surface area contributed by atoms with Crippen molar-refractivity contribution in [2.24, 2.45) is 23.7 Å². The summed E-state index contributed by atoms with van der Waals surface area (Å²) in [5, 5.41) is 0. The first-order chi connectivity index (χ1) is 12.7. The zero-order valence-corrected chi connectivity index (χ0v) is 22.9. The standard InChI is InChI=1S/C22H38NSi.CH3.2ClH.Ti/c1-22(2,3)23-24(4,5)21-19(15-17-11-7-6-8-12-17)16-18-13-9-10-14-20(18)21;;;;/h9-10,13-14,17-21H,6-8,11-12,15-16H2,1-5H3;1H3;2*1H;/q2*-1;;;+2/p-2. The number of rotatable bonds is 4. The fourth-order valence-corrected chi connectivity index (χ4v) is 10.8. The molecule has 0 aliphatic heterocycles. The Balaban J connectivity index is 0.000000921. The summed E-state index contributed by atoms with van der Waals surface area (Å²) in [6.45, 7) is 12.0. The second-order valence-corrected chi connectivity index (χ2v) is 17.1. The van der Waals surface area contributed by atoms with Crippen molar-refractivity contribution in [3.8, 4) is 0 Å². The molecule has 28 heavy (non-hydrogen) atoms. The van der Waals surface area contributed by atoms with Gasteiger partial charge in [0.05, 0.1) is 0 Å². The van der Waals surface area contributed by atoms with Crippen LogP contribution in [0.1, 0.15) is 65.7 Å². The van der Waals surface area contributed by atoms with E-state index in [9.17, 15) is 0 Å². The van der Waals surface area contributed by atoms with Gasteiger partial charge in [-0.25, -0.2) is 0 Å². The van der Waals surface area contributed by atoms with Crippen molar-refractivity contribution in [1.82, 2.24) is 0 Å². The van der Waals surface area contributed by atoms with Gasteiger partial charge in [0, 0.05) is 0 Å². The molecule has 4 unspecified atom stereocenters. The molecule has 0 N–H and O–H groups in total. The topological polar surface area (TPSA) is 14.1 Å². The van der Waals surface area contributed by atoms with E-state index in [-0.39, 0.29) is 13.0 Å². The summed E-state index contributed by atoms with van der Waals surface area (Å²) in [7, 11) is 8.16. The molecule has 0 bridgehead atoms. The van der Waals surface area contributed by atoms with E-state index in [4.69, 9.17) is 23.6 Å². The van der Waals surface area contributed by atoms with E-state index in [2.05, 4.69) is 58.2 Å². The first kappa shape index (κ1) is 27.0. The van der Waals surface area contributed by atoms with Crippen LogP contribution >= 0.6 is 18.6 Å². The number of nitrogens with zero attached hydrogens (tertiary/aromatic N) is 1. The van der Waals surface area contributed by atoms with E-state index in [1.165, 1.54) is 44.9 Å². The molecule has 0 radical (unpaired) electrons. The Morgan fingerprint density at radius 2 is 1.61 bits per heavy atom. The van der Waals surface area contributed by atoms with Crippen LogP contribution in [0.2, 0.25) is 18.6 Å². The monoisotopic (exact) mass is 477 g/mol. The second-order valence-electron chi connectivity index (χ2n) is 10.3. The van der Waals surface area contributed by atoms with Crippen molar-refractivity contribution < 1.29 is 17.0 Å². The third-order valence-electron chi connectivity index (χ3n) is 6.59. The van der Waals surface area contributed by atoms with Crippen LogP contribution in [0.3, 0.4) is 0 Å². The van der Waals surface area contributed by atoms with Crippen molar-refractivity contribution in [2.75, 3.05) is 0 Å². The average Bonchev–Trinajstić information content (AvgIpc) is 2.93. The Morgan fingerprint density at radius 3 is 2.18 bits per heavy atom. The summed E-state index contributed by atoms with van der Waals surface area (Å²) in [5.74, 6) is 3.45. The van der Waals surface area contributed by atoms with E-state index in [1.807, 2.05) is 0 Å². The summed E-state index contributed by atoms with van der Waals surface area (Å²) in [4.78, 5) is 5.44. The third kappa shape index (κ3) is 7.89. The molecule has 3 aliphatic rings. The van der Waals surface area contributed by atoms with Crippen molar-refractivity contribution >= 4 is 26.8 Å². The Kier molecular flexibility index (Phi) is 11.7. The summed E-state index contributed by atoms with van der Waals surface area (Å²) < 4.78 is 0. The molecule has 0 spiro atoms. The number of hydrogen-bond acceptors (Lipinski definition) is 0. The molecule has 2 saturated carbocycles. The number of allylic oxidation sites excluding steroid dienone is 4. The van der Waals surface area contributed by atoms with Crippen LogP contribution in [0.25, 0.3) is 4.98 Å². The Morgan fingerprint density at radius 1 is 1.04 bits per heavy atom. The minimum absolute atomic E-state index is 0. The maximum atomic E-state index is 5.44. The van der Waals surface area contributed by atoms with Gasteiger partial charge in [-0.1, -0.05) is 104 Å². The quantitative estimate of drug-likeness (QED) is 0.283. The molecule has 0 aromatic rings. The van der Waals surface area contributed by atoms with E-state index in [0.717, 1.165) is 29.2 Å². The normalized spacial score (nSPS) is 30.1. The molecule has 0 amide bonds. The summed E-state index contributed by atoms with van der Waals surface area (Å²) >= 11 is -0.556. The molecule has 0 aromatic carbocycles. The van der Waals surface area contributed by atoms with Gasteiger partial charge in [0.1, 0.15) is 0 Å². The molecule has 4 atom stereocenters. The zero-order valence-electron chi connectivity index (χ0n) is 18.8. The van der Waals surface area contributed by atoms with Gasteiger partial charge in [-0.3, -0.25) is 0 Å². The predicted molar refractivity (Wildman–Crippen MR) is 127 cm³/mol. The first-order valence-corrected chi connectivity index (χ1v) is 18.1. The Hall–Kier alpha value is 0.951. The van der Waals surface area contributed by atoms with E-state index >= 15 is 0 Å². The molecule has 1 nitrogen and oxygen atoms in total.